The van der Waals surface area contributed by atoms with Gasteiger partial charge >= 0.3 is 0 Å². The number of carbonyl (C=O) groups is 1. The van der Waals surface area contributed by atoms with Crippen LogP contribution in [0.25, 0.3) is 0 Å². The number of sulfonamides is 1. The number of nitrogens with zero attached hydrogens (tertiary/aromatic N) is 1. The molecule has 1 heterocycles. The van der Waals surface area contributed by atoms with Crippen molar-refractivity contribution in [3.63, 3.8) is 0 Å². The maximum Gasteiger partial charge on any atom is 0.228 e. The summed E-state index contributed by atoms with van der Waals surface area (Å²) >= 11 is 0. The summed E-state index contributed by atoms with van der Waals surface area (Å²) in [4.78, 5) is 13.1. The smallest absolute Gasteiger partial charge is 0.228 e. The minimum atomic E-state index is -3.47. The molecule has 1 saturated heterocycles. The van der Waals surface area contributed by atoms with Gasteiger partial charge in [-0.05, 0) is 110 Å². The molecule has 4 saturated carbocycles. The van der Waals surface area contributed by atoms with Crippen molar-refractivity contribution in [1.82, 2.24) is 4.31 Å². The van der Waals surface area contributed by atoms with Crippen molar-refractivity contribution < 1.29 is 13.2 Å². The van der Waals surface area contributed by atoms with Crippen molar-refractivity contribution in [3.05, 3.63) is 65.2 Å². The molecule has 5 aliphatic rings. The fourth-order valence-electron chi connectivity index (χ4n) is 8.08. The van der Waals surface area contributed by atoms with Gasteiger partial charge in [0.05, 0.1) is 11.7 Å². The molecule has 7 rings (SSSR count). The van der Waals surface area contributed by atoms with Crippen molar-refractivity contribution in [3.8, 4) is 0 Å². The van der Waals surface area contributed by atoms with E-state index in [1.54, 1.807) is 0 Å². The predicted molar refractivity (Wildman–Crippen MR) is 143 cm³/mol. The standard InChI is InChI=1S/C30H38N2O3S/c1-21-5-2-3-6-26(21)20-36(34,35)32-12-4-7-25(19-32)29(33)31-28-10-8-27(9-11-28)30-16-22-13-23(17-30)15-24(14-22)18-30/h2-3,5-6,8-11,22-25H,4,7,12-20H2,1H3,(H,31,33)/t22?,23?,24?,25-,30?/m1/s1. The number of aryl methyl sites for hydroxylation is 1. The molecule has 5 fully saturated rings. The van der Waals surface area contributed by atoms with Crippen molar-refractivity contribution in [2.75, 3.05) is 18.4 Å². The summed E-state index contributed by atoms with van der Waals surface area (Å²) < 4.78 is 27.8. The van der Waals surface area contributed by atoms with Crippen molar-refractivity contribution in [2.24, 2.45) is 23.7 Å². The average molecular weight is 507 g/mol. The van der Waals surface area contributed by atoms with Gasteiger partial charge in [-0.2, -0.15) is 0 Å². The van der Waals surface area contributed by atoms with E-state index in [2.05, 4.69) is 29.6 Å². The third kappa shape index (κ3) is 4.63. The lowest BCUT2D eigenvalue weighted by molar-refractivity contribution is -0.120. The van der Waals surface area contributed by atoms with Crippen LogP contribution in [0.1, 0.15) is 68.1 Å². The Labute approximate surface area is 215 Å². The topological polar surface area (TPSA) is 66.5 Å². The Morgan fingerprint density at radius 1 is 0.972 bits per heavy atom. The SMILES string of the molecule is Cc1ccccc1CS(=O)(=O)N1CCC[C@@H](C(=O)Nc2ccc(C34CC5CC(CC(C5)C3)C4)cc2)C1. The summed E-state index contributed by atoms with van der Waals surface area (Å²) in [5.41, 5.74) is 4.42. The van der Waals surface area contributed by atoms with Crippen LogP contribution < -0.4 is 5.32 Å². The van der Waals surface area contributed by atoms with E-state index in [1.807, 2.05) is 31.2 Å². The van der Waals surface area contributed by atoms with Gasteiger partial charge in [-0.1, -0.05) is 36.4 Å². The van der Waals surface area contributed by atoms with Crippen molar-refractivity contribution >= 4 is 21.6 Å². The van der Waals surface area contributed by atoms with Gasteiger partial charge in [0.25, 0.3) is 0 Å². The molecule has 0 spiro atoms. The second-order valence-electron chi connectivity index (χ2n) is 12.1. The van der Waals surface area contributed by atoms with Crippen LogP contribution in [-0.4, -0.2) is 31.7 Å². The summed E-state index contributed by atoms with van der Waals surface area (Å²) in [5, 5.41) is 3.08. The van der Waals surface area contributed by atoms with Crippen LogP contribution in [0.3, 0.4) is 0 Å². The van der Waals surface area contributed by atoms with Gasteiger partial charge in [0.1, 0.15) is 0 Å². The predicted octanol–water partition coefficient (Wildman–Crippen LogP) is 5.64. The van der Waals surface area contributed by atoms with Gasteiger partial charge in [-0.3, -0.25) is 4.79 Å². The minimum absolute atomic E-state index is 0.0141. The van der Waals surface area contributed by atoms with Gasteiger partial charge in [0, 0.05) is 18.8 Å². The second kappa shape index (κ2) is 9.29. The first kappa shape index (κ1) is 24.2. The number of piperidine rings is 1. The van der Waals surface area contributed by atoms with E-state index in [9.17, 15) is 13.2 Å². The molecular weight excluding hydrogens is 468 g/mol. The van der Waals surface area contributed by atoms with E-state index in [4.69, 9.17) is 0 Å². The summed E-state index contributed by atoms with van der Waals surface area (Å²) in [7, 11) is -3.47. The quantitative estimate of drug-likeness (QED) is 0.551. The second-order valence-corrected chi connectivity index (χ2v) is 14.1. The molecule has 1 atom stereocenters. The van der Waals surface area contributed by atoms with Gasteiger partial charge in [-0.15, -0.1) is 0 Å². The zero-order valence-corrected chi connectivity index (χ0v) is 22.1. The molecule has 192 valence electrons. The first-order chi connectivity index (χ1) is 17.3. The molecule has 2 aromatic carbocycles. The van der Waals surface area contributed by atoms with Crippen molar-refractivity contribution in [1.29, 1.82) is 0 Å². The lowest BCUT2D eigenvalue weighted by atomic mass is 9.48. The lowest BCUT2D eigenvalue weighted by Gasteiger charge is -2.57. The van der Waals surface area contributed by atoms with E-state index in [1.165, 1.54) is 48.4 Å². The largest absolute Gasteiger partial charge is 0.326 e. The molecule has 6 heteroatoms. The number of hydrogen-bond acceptors (Lipinski definition) is 3. The Balaban J connectivity index is 1.10. The molecule has 1 N–H and O–H groups in total. The highest BCUT2D eigenvalue weighted by Gasteiger charge is 2.51. The minimum Gasteiger partial charge on any atom is -0.326 e. The van der Waals surface area contributed by atoms with Crippen molar-refractivity contribution in [2.45, 2.75) is 69.5 Å². The molecule has 4 bridgehead atoms. The molecule has 5 nitrogen and oxygen atoms in total. The van der Waals surface area contributed by atoms with Crippen LogP contribution >= 0.6 is 0 Å². The number of hydrogen-bond donors (Lipinski definition) is 1. The van der Waals surface area contributed by atoms with Crippen LogP contribution in [0.2, 0.25) is 0 Å². The summed E-state index contributed by atoms with van der Waals surface area (Å²) in [5.74, 6) is 2.31. The summed E-state index contributed by atoms with van der Waals surface area (Å²) in [6, 6.07) is 16.2. The van der Waals surface area contributed by atoms with Gasteiger partial charge in [-0.25, -0.2) is 12.7 Å². The third-order valence-electron chi connectivity index (χ3n) is 9.55. The van der Waals surface area contributed by atoms with E-state index in [0.29, 0.717) is 24.8 Å². The lowest BCUT2D eigenvalue weighted by Crippen LogP contribution is -2.48. The molecule has 4 aliphatic carbocycles. The van der Waals surface area contributed by atoms with E-state index in [0.717, 1.165) is 34.6 Å². The zero-order valence-electron chi connectivity index (χ0n) is 21.3. The van der Waals surface area contributed by atoms with Gasteiger partial charge < -0.3 is 5.32 Å². The number of benzene rings is 2. The monoisotopic (exact) mass is 506 g/mol. The van der Waals surface area contributed by atoms with Crippen LogP contribution in [0, 0.1) is 30.6 Å². The highest BCUT2D eigenvalue weighted by atomic mass is 32.2. The van der Waals surface area contributed by atoms with E-state index >= 15 is 0 Å². The number of amides is 1. The first-order valence-electron chi connectivity index (χ1n) is 13.7. The van der Waals surface area contributed by atoms with Gasteiger partial charge in [0.15, 0.2) is 0 Å². The highest BCUT2D eigenvalue weighted by molar-refractivity contribution is 7.88. The van der Waals surface area contributed by atoms with E-state index < -0.39 is 10.0 Å². The van der Waals surface area contributed by atoms with Crippen LogP contribution in [0.5, 0.6) is 0 Å². The normalized spacial score (nSPS) is 31.9. The molecule has 0 radical (unpaired) electrons. The average Bonchev–Trinajstić information content (AvgIpc) is 2.85. The highest BCUT2D eigenvalue weighted by Crippen LogP contribution is 2.60. The number of nitrogens with one attached hydrogen (secondary N) is 1. The maximum atomic E-state index is 13.1. The van der Waals surface area contributed by atoms with Crippen LogP contribution in [-0.2, 0) is 26.0 Å². The Morgan fingerprint density at radius 3 is 2.25 bits per heavy atom. The Morgan fingerprint density at radius 2 is 1.61 bits per heavy atom. The Hall–Kier alpha value is -2.18. The molecule has 1 amide bonds. The Bertz CT molecular complexity index is 1200. The Kier molecular flexibility index (Phi) is 6.24. The molecule has 0 aromatic heterocycles. The number of anilines is 1. The first-order valence-corrected chi connectivity index (χ1v) is 15.3. The van der Waals surface area contributed by atoms with E-state index in [-0.39, 0.29) is 24.1 Å². The van der Waals surface area contributed by atoms with Crippen LogP contribution in [0.15, 0.2) is 48.5 Å². The molecule has 0 unspecified atom stereocenters. The molecule has 2 aromatic rings. The number of rotatable bonds is 6. The molecule has 36 heavy (non-hydrogen) atoms. The fourth-order valence-corrected chi connectivity index (χ4v) is 9.80. The zero-order chi connectivity index (χ0) is 24.9. The summed E-state index contributed by atoms with van der Waals surface area (Å²) in [6.45, 7) is 2.68. The number of carbonyl (C=O) groups excluding carboxylic acids is 1. The maximum absolute atomic E-state index is 13.1. The van der Waals surface area contributed by atoms with Gasteiger partial charge in [0.2, 0.25) is 15.9 Å². The molecule has 1 aliphatic heterocycles. The fraction of sp³-hybridized carbons (Fsp3) is 0.567. The molecular formula is C30H38N2O3S. The summed E-state index contributed by atoms with van der Waals surface area (Å²) in [6.07, 6.45) is 9.73. The third-order valence-corrected chi connectivity index (χ3v) is 11.3. The van der Waals surface area contributed by atoms with Crippen LogP contribution in [0.4, 0.5) is 5.69 Å².